The molecule has 6 nitrogen and oxygen atoms in total. The van der Waals surface area contributed by atoms with E-state index in [-0.39, 0.29) is 47.7 Å². The third-order valence-corrected chi connectivity index (χ3v) is 5.43. The molecule has 0 aliphatic heterocycles. The van der Waals surface area contributed by atoms with Crippen molar-refractivity contribution in [2.24, 2.45) is 12.0 Å². The van der Waals surface area contributed by atoms with Crippen molar-refractivity contribution in [2.75, 3.05) is 7.05 Å². The van der Waals surface area contributed by atoms with E-state index in [1.165, 1.54) is 11.6 Å². The molecular formula is C21H29F3IN5O. The molecule has 1 saturated carbocycles. The molecule has 0 amide bonds. The van der Waals surface area contributed by atoms with Crippen molar-refractivity contribution in [1.82, 2.24) is 20.4 Å². The average molecular weight is 551 g/mol. The van der Waals surface area contributed by atoms with Gasteiger partial charge < -0.3 is 15.4 Å². The minimum Gasteiger partial charge on any atom is -0.405 e. The second-order valence-electron chi connectivity index (χ2n) is 7.77. The lowest BCUT2D eigenvalue weighted by molar-refractivity contribution is -0.274. The number of aryl methyl sites for hydroxylation is 2. The molecule has 3 atom stereocenters. The quantitative estimate of drug-likeness (QED) is 0.321. The van der Waals surface area contributed by atoms with Crippen LogP contribution >= 0.6 is 24.0 Å². The largest absolute Gasteiger partial charge is 0.573 e. The van der Waals surface area contributed by atoms with Crippen LogP contribution in [0.25, 0.3) is 0 Å². The summed E-state index contributed by atoms with van der Waals surface area (Å²) in [4.78, 5) is 4.27. The Morgan fingerprint density at radius 1 is 1.32 bits per heavy atom. The first-order chi connectivity index (χ1) is 14.1. The van der Waals surface area contributed by atoms with Crippen LogP contribution in [0.15, 0.2) is 29.3 Å². The molecule has 1 fully saturated rings. The van der Waals surface area contributed by atoms with E-state index in [0.717, 1.165) is 17.8 Å². The maximum absolute atomic E-state index is 12.7. The third kappa shape index (κ3) is 6.50. The lowest BCUT2D eigenvalue weighted by atomic mass is 10.1. The molecule has 2 N–H and O–H groups in total. The van der Waals surface area contributed by atoms with Gasteiger partial charge in [-0.1, -0.05) is 18.2 Å². The molecule has 172 valence electrons. The standard InChI is InChI=1S/C21H28F3N5O.HI/c1-12(10-16-13(2)28-29(5)14(16)3)26-20(25-4)27-18-11-17(18)15-8-6-7-9-19(15)30-21(22,23)24;/h6-9,12,17-18H,10-11H2,1-5H3,(H2,25,26,27);1H. The minimum atomic E-state index is -4.70. The Balaban J connectivity index is 0.00000341. The smallest absolute Gasteiger partial charge is 0.405 e. The van der Waals surface area contributed by atoms with Crippen LogP contribution in [0.2, 0.25) is 0 Å². The molecule has 1 aromatic heterocycles. The lowest BCUT2D eigenvalue weighted by Gasteiger charge is -2.19. The van der Waals surface area contributed by atoms with E-state index in [4.69, 9.17) is 0 Å². The highest BCUT2D eigenvalue weighted by molar-refractivity contribution is 14.0. The normalized spacial score (nSPS) is 19.4. The summed E-state index contributed by atoms with van der Waals surface area (Å²) >= 11 is 0. The van der Waals surface area contributed by atoms with E-state index in [1.807, 2.05) is 25.6 Å². The summed E-state index contributed by atoms with van der Waals surface area (Å²) in [6, 6.07) is 6.41. The lowest BCUT2D eigenvalue weighted by Crippen LogP contribution is -2.44. The predicted octanol–water partition coefficient (Wildman–Crippen LogP) is 4.21. The Bertz CT molecular complexity index is 928. The zero-order valence-electron chi connectivity index (χ0n) is 18.2. The molecular weight excluding hydrogens is 522 g/mol. The fourth-order valence-electron chi connectivity index (χ4n) is 3.75. The first-order valence-corrected chi connectivity index (χ1v) is 9.92. The second kappa shape index (κ2) is 10.1. The van der Waals surface area contributed by atoms with Crippen molar-refractivity contribution in [2.45, 2.75) is 58.0 Å². The Morgan fingerprint density at radius 2 is 2.00 bits per heavy atom. The van der Waals surface area contributed by atoms with Crippen LogP contribution in [-0.2, 0) is 13.5 Å². The number of nitrogens with one attached hydrogen (secondary N) is 2. The van der Waals surface area contributed by atoms with Crippen molar-refractivity contribution < 1.29 is 17.9 Å². The van der Waals surface area contributed by atoms with Crippen LogP contribution in [0.5, 0.6) is 5.75 Å². The highest BCUT2D eigenvalue weighted by atomic mass is 127. The second-order valence-corrected chi connectivity index (χ2v) is 7.77. The number of benzene rings is 1. The molecule has 0 bridgehead atoms. The number of guanidine groups is 1. The minimum absolute atomic E-state index is 0. The Morgan fingerprint density at radius 3 is 2.58 bits per heavy atom. The monoisotopic (exact) mass is 551 g/mol. The molecule has 31 heavy (non-hydrogen) atoms. The molecule has 1 aliphatic carbocycles. The zero-order chi connectivity index (χ0) is 22.1. The number of hydrogen-bond donors (Lipinski definition) is 2. The summed E-state index contributed by atoms with van der Waals surface area (Å²) in [5.41, 5.74) is 3.90. The number of aromatic nitrogens is 2. The van der Waals surface area contributed by atoms with Crippen LogP contribution in [-0.4, -0.2) is 41.2 Å². The van der Waals surface area contributed by atoms with Gasteiger partial charge >= 0.3 is 6.36 Å². The van der Waals surface area contributed by atoms with Crippen molar-refractivity contribution in [3.63, 3.8) is 0 Å². The summed E-state index contributed by atoms with van der Waals surface area (Å²) < 4.78 is 44.1. The van der Waals surface area contributed by atoms with Crippen LogP contribution in [0.1, 0.15) is 41.8 Å². The molecule has 10 heteroatoms. The van der Waals surface area contributed by atoms with Crippen molar-refractivity contribution in [3.8, 4) is 5.75 Å². The summed E-state index contributed by atoms with van der Waals surface area (Å²) in [5, 5.41) is 11.1. The van der Waals surface area contributed by atoms with Crippen LogP contribution in [0, 0.1) is 13.8 Å². The highest BCUT2D eigenvalue weighted by Crippen LogP contribution is 2.45. The summed E-state index contributed by atoms with van der Waals surface area (Å²) in [6.45, 7) is 6.11. The van der Waals surface area contributed by atoms with Gasteiger partial charge in [0, 0.05) is 37.8 Å². The Kier molecular flexibility index (Phi) is 8.23. The summed E-state index contributed by atoms with van der Waals surface area (Å²) in [6.07, 6.45) is -3.19. The predicted molar refractivity (Wildman–Crippen MR) is 125 cm³/mol. The van der Waals surface area contributed by atoms with Gasteiger partial charge in [-0.05, 0) is 50.8 Å². The van der Waals surface area contributed by atoms with Gasteiger partial charge in [-0.25, -0.2) is 0 Å². The molecule has 0 radical (unpaired) electrons. The van der Waals surface area contributed by atoms with Gasteiger partial charge in [0.25, 0.3) is 0 Å². The number of nitrogens with zero attached hydrogens (tertiary/aromatic N) is 3. The highest BCUT2D eigenvalue weighted by Gasteiger charge is 2.42. The topological polar surface area (TPSA) is 63.5 Å². The molecule has 1 heterocycles. The van der Waals surface area contributed by atoms with Gasteiger partial charge in [0.15, 0.2) is 5.96 Å². The van der Waals surface area contributed by atoms with Gasteiger partial charge in [0.1, 0.15) is 5.75 Å². The third-order valence-electron chi connectivity index (χ3n) is 5.43. The van der Waals surface area contributed by atoms with E-state index in [1.54, 1.807) is 25.2 Å². The Labute approximate surface area is 197 Å². The van der Waals surface area contributed by atoms with Crippen molar-refractivity contribution >= 4 is 29.9 Å². The van der Waals surface area contributed by atoms with Crippen molar-refractivity contribution in [3.05, 3.63) is 46.8 Å². The number of rotatable bonds is 6. The number of alkyl halides is 3. The van der Waals surface area contributed by atoms with Crippen LogP contribution in [0.3, 0.4) is 0 Å². The number of ether oxygens (including phenoxy) is 1. The van der Waals surface area contributed by atoms with Gasteiger partial charge in [0.2, 0.25) is 0 Å². The van der Waals surface area contributed by atoms with Crippen molar-refractivity contribution in [1.29, 1.82) is 0 Å². The van der Waals surface area contributed by atoms with Gasteiger partial charge in [-0.2, -0.15) is 5.10 Å². The first-order valence-electron chi connectivity index (χ1n) is 9.92. The average Bonchev–Trinajstić information content (AvgIpc) is 3.37. The molecule has 2 aromatic rings. The molecule has 0 saturated heterocycles. The Hall–Kier alpha value is -1.98. The van der Waals surface area contributed by atoms with E-state index in [9.17, 15) is 13.2 Å². The maximum Gasteiger partial charge on any atom is 0.573 e. The van der Waals surface area contributed by atoms with Gasteiger partial charge in [-0.15, -0.1) is 37.1 Å². The molecule has 1 aromatic carbocycles. The number of para-hydroxylation sites is 1. The molecule has 3 unspecified atom stereocenters. The summed E-state index contributed by atoms with van der Waals surface area (Å²) in [5.74, 6) is 0.432. The number of aliphatic imine (C=N–C) groups is 1. The van der Waals surface area contributed by atoms with Gasteiger partial charge in [-0.3, -0.25) is 9.67 Å². The van der Waals surface area contributed by atoms with Gasteiger partial charge in [0.05, 0.1) is 5.69 Å². The van der Waals surface area contributed by atoms with E-state index >= 15 is 0 Å². The SMILES string of the molecule is CN=C(NC(C)Cc1c(C)nn(C)c1C)NC1CC1c1ccccc1OC(F)(F)F.I. The van der Waals surface area contributed by atoms with E-state index in [0.29, 0.717) is 17.9 Å². The fourth-order valence-corrected chi connectivity index (χ4v) is 3.75. The first kappa shape index (κ1) is 25.3. The van der Waals surface area contributed by atoms with E-state index in [2.05, 4.69) is 32.4 Å². The molecule has 1 aliphatic rings. The van der Waals surface area contributed by atoms with E-state index < -0.39 is 6.36 Å². The molecule has 0 spiro atoms. The number of halogens is 4. The molecule has 3 rings (SSSR count). The van der Waals surface area contributed by atoms with Crippen LogP contribution in [0.4, 0.5) is 13.2 Å². The number of hydrogen-bond acceptors (Lipinski definition) is 3. The maximum atomic E-state index is 12.7. The summed E-state index contributed by atoms with van der Waals surface area (Å²) in [7, 11) is 3.61. The fraction of sp³-hybridized carbons (Fsp3) is 0.524. The zero-order valence-corrected chi connectivity index (χ0v) is 20.6. The van der Waals surface area contributed by atoms with Crippen LogP contribution < -0.4 is 15.4 Å².